The lowest BCUT2D eigenvalue weighted by Gasteiger charge is -2.25. The number of Topliss-reactive ketones (excluding diaryl/α,β-unsaturated/α-hetero) is 1. The molecule has 0 spiro atoms. The Morgan fingerprint density at radius 1 is 0.949 bits per heavy atom. The molecule has 5 rings (SSSR count). The van der Waals surface area contributed by atoms with Crippen LogP contribution in [-0.4, -0.2) is 31.6 Å². The zero-order valence-corrected chi connectivity index (χ0v) is 20.6. The summed E-state index contributed by atoms with van der Waals surface area (Å²) in [5.74, 6) is -1.52. The number of carbonyl (C=O) groups is 2. The van der Waals surface area contributed by atoms with Gasteiger partial charge in [-0.25, -0.2) is 0 Å². The number of rotatable bonds is 8. The van der Waals surface area contributed by atoms with Crippen LogP contribution in [-0.2, 0) is 22.7 Å². The highest BCUT2D eigenvalue weighted by atomic mass is 16.6. The lowest BCUT2D eigenvalue weighted by Crippen LogP contribution is -2.29. The Morgan fingerprint density at radius 2 is 1.69 bits per heavy atom. The molecule has 1 aromatic heterocycles. The van der Waals surface area contributed by atoms with Crippen molar-refractivity contribution in [2.75, 3.05) is 0 Å². The minimum atomic E-state index is -1.04. The minimum Gasteiger partial charge on any atom is -0.507 e. The van der Waals surface area contributed by atoms with E-state index in [1.54, 1.807) is 54.9 Å². The lowest BCUT2D eigenvalue weighted by molar-refractivity contribution is -0.384. The Hall–Kier alpha value is -5.31. The smallest absolute Gasteiger partial charge is 0.295 e. The summed E-state index contributed by atoms with van der Waals surface area (Å²) in [6.45, 7) is 0.382. The largest absolute Gasteiger partial charge is 0.507 e. The number of pyridine rings is 1. The van der Waals surface area contributed by atoms with Gasteiger partial charge in [0.2, 0.25) is 0 Å². The zero-order valence-electron chi connectivity index (χ0n) is 20.6. The van der Waals surface area contributed by atoms with Gasteiger partial charge in [0.15, 0.2) is 0 Å². The summed E-state index contributed by atoms with van der Waals surface area (Å²) in [6, 6.07) is 24.3. The number of non-ortho nitro benzene ring substituents is 1. The monoisotopic (exact) mass is 521 g/mol. The van der Waals surface area contributed by atoms with Crippen LogP contribution in [0.5, 0.6) is 5.75 Å². The number of amides is 1. The van der Waals surface area contributed by atoms with Gasteiger partial charge in [-0.05, 0) is 47.0 Å². The molecule has 0 saturated carbocycles. The number of likely N-dealkylation sites (tertiary alicyclic amines) is 1. The Bertz CT molecular complexity index is 1550. The second-order valence-electron chi connectivity index (χ2n) is 8.94. The molecule has 9 heteroatoms. The number of nitro groups is 1. The predicted molar refractivity (Wildman–Crippen MR) is 142 cm³/mol. The molecule has 1 N–H and O–H groups in total. The average Bonchev–Trinajstić information content (AvgIpc) is 3.22. The number of ether oxygens (including phenoxy) is 1. The van der Waals surface area contributed by atoms with Crippen molar-refractivity contribution in [1.29, 1.82) is 0 Å². The maximum atomic E-state index is 13.3. The van der Waals surface area contributed by atoms with Gasteiger partial charge < -0.3 is 14.7 Å². The van der Waals surface area contributed by atoms with Crippen LogP contribution in [0, 0.1) is 10.1 Å². The number of hydrogen-bond acceptors (Lipinski definition) is 7. The maximum Gasteiger partial charge on any atom is 0.295 e. The molecular weight excluding hydrogens is 498 g/mol. The summed E-state index contributed by atoms with van der Waals surface area (Å²) in [4.78, 5) is 42.7. The number of aromatic nitrogens is 1. The van der Waals surface area contributed by atoms with Crippen molar-refractivity contribution in [2.24, 2.45) is 0 Å². The summed E-state index contributed by atoms with van der Waals surface area (Å²) in [5.41, 5.74) is 1.94. The molecule has 9 nitrogen and oxygen atoms in total. The summed E-state index contributed by atoms with van der Waals surface area (Å²) in [7, 11) is 0. The number of hydrogen-bond donors (Lipinski definition) is 1. The lowest BCUT2D eigenvalue weighted by atomic mass is 9.95. The number of benzene rings is 3. The van der Waals surface area contributed by atoms with Gasteiger partial charge in [0.05, 0.1) is 16.5 Å². The molecule has 0 radical (unpaired) electrons. The van der Waals surface area contributed by atoms with Crippen molar-refractivity contribution in [2.45, 2.75) is 19.2 Å². The molecule has 1 aliphatic heterocycles. The summed E-state index contributed by atoms with van der Waals surface area (Å²) in [6.07, 6.45) is 3.15. The number of ketones is 1. The van der Waals surface area contributed by atoms with Gasteiger partial charge in [0.25, 0.3) is 17.4 Å². The van der Waals surface area contributed by atoms with E-state index in [0.29, 0.717) is 29.0 Å². The van der Waals surface area contributed by atoms with E-state index in [1.165, 1.54) is 23.1 Å². The van der Waals surface area contributed by atoms with Gasteiger partial charge in [-0.1, -0.05) is 48.5 Å². The fraction of sp³-hybridized carbons (Fsp3) is 0.100. The Balaban J connectivity index is 1.51. The molecule has 1 amide bonds. The van der Waals surface area contributed by atoms with E-state index in [9.17, 15) is 24.8 Å². The fourth-order valence-electron chi connectivity index (χ4n) is 4.49. The summed E-state index contributed by atoms with van der Waals surface area (Å²) in [5, 5.41) is 22.8. The summed E-state index contributed by atoms with van der Waals surface area (Å²) < 4.78 is 5.80. The molecule has 2 heterocycles. The van der Waals surface area contributed by atoms with Crippen LogP contribution in [0.15, 0.2) is 109 Å². The van der Waals surface area contributed by atoms with Crippen LogP contribution < -0.4 is 4.74 Å². The molecule has 1 atom stereocenters. The fourth-order valence-corrected chi connectivity index (χ4v) is 4.49. The Morgan fingerprint density at radius 3 is 2.38 bits per heavy atom. The molecule has 1 aliphatic rings. The molecule has 39 heavy (non-hydrogen) atoms. The maximum absolute atomic E-state index is 13.3. The van der Waals surface area contributed by atoms with E-state index < -0.39 is 22.7 Å². The van der Waals surface area contributed by atoms with Crippen molar-refractivity contribution in [1.82, 2.24) is 9.88 Å². The highest BCUT2D eigenvalue weighted by Gasteiger charge is 2.46. The van der Waals surface area contributed by atoms with Gasteiger partial charge in [0, 0.05) is 36.6 Å². The van der Waals surface area contributed by atoms with Crippen LogP contribution in [0.2, 0.25) is 0 Å². The molecule has 1 fully saturated rings. The SMILES string of the molecule is O=C1C(=O)N(Cc2cccnc2)C(c2cccc([N+](=O)[O-])c2)/C1=C(\O)c1ccc(OCc2ccccc2)cc1. The van der Waals surface area contributed by atoms with E-state index in [2.05, 4.69) is 4.98 Å². The third kappa shape index (κ3) is 5.37. The van der Waals surface area contributed by atoms with Gasteiger partial charge in [-0.3, -0.25) is 24.7 Å². The highest BCUT2D eigenvalue weighted by Crippen LogP contribution is 2.41. The molecule has 0 aliphatic carbocycles. The first kappa shape index (κ1) is 25.3. The second kappa shape index (κ2) is 11.0. The Kier molecular flexibility index (Phi) is 7.13. The number of aliphatic hydroxyl groups is 1. The minimum absolute atomic E-state index is 0.0226. The van der Waals surface area contributed by atoms with Crippen molar-refractivity contribution >= 4 is 23.1 Å². The van der Waals surface area contributed by atoms with E-state index in [4.69, 9.17) is 4.74 Å². The first-order chi connectivity index (χ1) is 18.9. The molecule has 0 bridgehead atoms. The predicted octanol–water partition coefficient (Wildman–Crippen LogP) is 5.19. The summed E-state index contributed by atoms with van der Waals surface area (Å²) >= 11 is 0. The number of nitrogens with zero attached hydrogens (tertiary/aromatic N) is 3. The van der Waals surface area contributed by atoms with Crippen molar-refractivity contribution in [3.63, 3.8) is 0 Å². The van der Waals surface area contributed by atoms with Crippen molar-refractivity contribution in [3.8, 4) is 5.75 Å². The van der Waals surface area contributed by atoms with Crippen molar-refractivity contribution < 1.29 is 24.4 Å². The quantitative estimate of drug-likeness (QED) is 0.111. The number of carbonyl (C=O) groups excluding carboxylic acids is 2. The standard InChI is InChI=1S/C30H23N3O6/c34-28(22-11-13-25(14-12-22)39-19-20-6-2-1-3-7-20)26-27(23-9-4-10-24(16-23)33(37)38)32(30(36)29(26)35)18-21-8-5-15-31-17-21/h1-17,27,34H,18-19H2/b28-26+. The van der Waals surface area contributed by atoms with E-state index in [1.807, 2.05) is 30.3 Å². The van der Waals surface area contributed by atoms with Crippen LogP contribution in [0.1, 0.15) is 28.3 Å². The van der Waals surface area contributed by atoms with E-state index >= 15 is 0 Å². The van der Waals surface area contributed by atoms with Gasteiger partial charge in [-0.15, -0.1) is 0 Å². The molecule has 1 unspecified atom stereocenters. The normalized spacial score (nSPS) is 16.3. The number of aliphatic hydroxyl groups excluding tert-OH is 1. The van der Waals surface area contributed by atoms with Crippen LogP contribution in [0.4, 0.5) is 5.69 Å². The van der Waals surface area contributed by atoms with Gasteiger partial charge in [-0.2, -0.15) is 0 Å². The van der Waals surface area contributed by atoms with Gasteiger partial charge >= 0.3 is 0 Å². The average molecular weight is 522 g/mol. The first-order valence-electron chi connectivity index (χ1n) is 12.1. The van der Waals surface area contributed by atoms with E-state index in [-0.39, 0.29) is 23.6 Å². The third-order valence-corrected chi connectivity index (χ3v) is 6.39. The van der Waals surface area contributed by atoms with Gasteiger partial charge in [0.1, 0.15) is 18.1 Å². The van der Waals surface area contributed by atoms with Crippen LogP contribution in [0.25, 0.3) is 5.76 Å². The molecule has 3 aromatic carbocycles. The van der Waals surface area contributed by atoms with Crippen LogP contribution >= 0.6 is 0 Å². The molecule has 4 aromatic rings. The van der Waals surface area contributed by atoms with E-state index in [0.717, 1.165) is 5.56 Å². The Labute approximate surface area is 223 Å². The number of nitro benzene ring substituents is 1. The molecule has 1 saturated heterocycles. The zero-order chi connectivity index (χ0) is 27.4. The molecular formula is C30H23N3O6. The van der Waals surface area contributed by atoms with Crippen molar-refractivity contribution in [3.05, 3.63) is 141 Å². The first-order valence-corrected chi connectivity index (χ1v) is 12.1. The van der Waals surface area contributed by atoms with Crippen LogP contribution in [0.3, 0.4) is 0 Å². The highest BCUT2D eigenvalue weighted by molar-refractivity contribution is 6.46. The molecule has 194 valence electrons. The second-order valence-corrected chi connectivity index (χ2v) is 8.94. The third-order valence-electron chi connectivity index (χ3n) is 6.39. The topological polar surface area (TPSA) is 123 Å².